The number of halogens is 3. The highest BCUT2D eigenvalue weighted by Crippen LogP contribution is 2.34. The first-order chi connectivity index (χ1) is 8.68. The van der Waals surface area contributed by atoms with Crippen molar-refractivity contribution >= 4 is 5.97 Å². The minimum absolute atomic E-state index is 0.0222. The number of rotatable bonds is 7. The van der Waals surface area contributed by atoms with Crippen molar-refractivity contribution in [1.29, 1.82) is 0 Å². The van der Waals surface area contributed by atoms with Crippen LogP contribution >= 0.6 is 0 Å². The van der Waals surface area contributed by atoms with Crippen molar-refractivity contribution < 1.29 is 22.7 Å². The van der Waals surface area contributed by atoms with Gasteiger partial charge in [0.25, 0.3) is 0 Å². The summed E-state index contributed by atoms with van der Waals surface area (Å²) >= 11 is 0. The number of ether oxygens (including phenoxy) is 1. The van der Waals surface area contributed by atoms with Crippen LogP contribution in [0.15, 0.2) is 12.2 Å². The molecule has 112 valence electrons. The molecule has 0 N–H and O–H groups in total. The molecule has 0 unspecified atom stereocenters. The molecule has 2 nitrogen and oxygen atoms in total. The molecule has 0 heterocycles. The SMILES string of the molecule is CCCC[C@H](OC(C)=O)[C@@H](/C=C\C(C)C)C(F)(F)F. The molecule has 2 atom stereocenters. The zero-order chi connectivity index (χ0) is 15.1. The van der Waals surface area contributed by atoms with Crippen LogP contribution in [-0.4, -0.2) is 18.2 Å². The summed E-state index contributed by atoms with van der Waals surface area (Å²) < 4.78 is 44.0. The van der Waals surface area contributed by atoms with E-state index < -0.39 is 24.2 Å². The summed E-state index contributed by atoms with van der Waals surface area (Å²) in [5, 5.41) is 0. The molecule has 0 aliphatic rings. The average Bonchev–Trinajstić information content (AvgIpc) is 2.22. The fourth-order valence-electron chi connectivity index (χ4n) is 1.72. The molecule has 0 radical (unpaired) electrons. The highest BCUT2D eigenvalue weighted by molar-refractivity contribution is 5.66. The van der Waals surface area contributed by atoms with Gasteiger partial charge in [0.1, 0.15) is 12.0 Å². The van der Waals surface area contributed by atoms with E-state index >= 15 is 0 Å². The van der Waals surface area contributed by atoms with Gasteiger partial charge in [-0.3, -0.25) is 4.79 Å². The summed E-state index contributed by atoms with van der Waals surface area (Å²) in [5.74, 6) is -2.38. The molecule has 0 saturated carbocycles. The van der Waals surface area contributed by atoms with Gasteiger partial charge >= 0.3 is 12.1 Å². The smallest absolute Gasteiger partial charge is 0.398 e. The van der Waals surface area contributed by atoms with Crippen molar-refractivity contribution in [3.05, 3.63) is 12.2 Å². The van der Waals surface area contributed by atoms with Gasteiger partial charge < -0.3 is 4.74 Å². The highest BCUT2D eigenvalue weighted by atomic mass is 19.4. The van der Waals surface area contributed by atoms with Crippen LogP contribution in [0.5, 0.6) is 0 Å². The Balaban J connectivity index is 5.05. The number of alkyl halides is 3. The lowest BCUT2D eigenvalue weighted by Gasteiger charge is -2.26. The minimum Gasteiger partial charge on any atom is -0.462 e. The summed E-state index contributed by atoms with van der Waals surface area (Å²) in [7, 11) is 0. The van der Waals surface area contributed by atoms with Gasteiger partial charge in [-0.05, 0) is 12.3 Å². The van der Waals surface area contributed by atoms with E-state index in [1.807, 2.05) is 6.92 Å². The monoisotopic (exact) mass is 280 g/mol. The summed E-state index contributed by atoms with van der Waals surface area (Å²) in [5.41, 5.74) is 0. The maximum absolute atomic E-state index is 13.1. The minimum atomic E-state index is -4.40. The predicted molar refractivity (Wildman–Crippen MR) is 68.6 cm³/mol. The molecule has 19 heavy (non-hydrogen) atoms. The Bertz CT molecular complexity index is 296. The van der Waals surface area contributed by atoms with Crippen LogP contribution in [-0.2, 0) is 9.53 Å². The summed E-state index contributed by atoms with van der Waals surface area (Å²) in [6.45, 7) is 6.63. The standard InChI is InChI=1S/C14H23F3O2/c1-5-6-7-13(19-11(4)18)12(14(15,16)17)9-8-10(2)3/h8-10,12-13H,5-7H2,1-4H3/b9-8-/t12-,13+/m1/s1. The van der Waals surface area contributed by atoms with Crippen LogP contribution in [0.25, 0.3) is 0 Å². The molecular weight excluding hydrogens is 257 g/mol. The van der Waals surface area contributed by atoms with E-state index in [1.54, 1.807) is 13.8 Å². The third-order valence-electron chi connectivity index (χ3n) is 2.64. The quantitative estimate of drug-likeness (QED) is 0.507. The van der Waals surface area contributed by atoms with E-state index in [9.17, 15) is 18.0 Å². The van der Waals surface area contributed by atoms with Gasteiger partial charge in [-0.2, -0.15) is 13.2 Å². The molecule has 0 aromatic rings. The Morgan fingerprint density at radius 2 is 1.84 bits per heavy atom. The van der Waals surface area contributed by atoms with E-state index in [0.717, 1.165) is 19.4 Å². The molecule has 0 fully saturated rings. The summed E-state index contributed by atoms with van der Waals surface area (Å²) in [6, 6.07) is 0. The molecule has 0 spiro atoms. The van der Waals surface area contributed by atoms with Crippen molar-refractivity contribution in [3.8, 4) is 0 Å². The molecule has 0 amide bonds. The van der Waals surface area contributed by atoms with E-state index in [0.29, 0.717) is 6.42 Å². The normalized spacial score (nSPS) is 15.8. The number of unbranched alkanes of at least 4 members (excludes halogenated alkanes) is 1. The number of carbonyl (C=O) groups is 1. The van der Waals surface area contributed by atoms with Crippen molar-refractivity contribution in [1.82, 2.24) is 0 Å². The average molecular weight is 280 g/mol. The van der Waals surface area contributed by atoms with Crippen LogP contribution in [0.3, 0.4) is 0 Å². The first-order valence-electron chi connectivity index (χ1n) is 6.60. The van der Waals surface area contributed by atoms with Gasteiger partial charge in [-0.1, -0.05) is 45.8 Å². The number of allylic oxidation sites excluding steroid dienone is 1. The third-order valence-corrected chi connectivity index (χ3v) is 2.64. The Morgan fingerprint density at radius 1 is 1.26 bits per heavy atom. The Morgan fingerprint density at radius 3 is 2.21 bits per heavy atom. The molecule has 0 bridgehead atoms. The zero-order valence-electron chi connectivity index (χ0n) is 12.0. The second kappa shape index (κ2) is 8.23. The fourth-order valence-corrected chi connectivity index (χ4v) is 1.72. The summed E-state index contributed by atoms with van der Waals surface area (Å²) in [4.78, 5) is 11.0. The summed E-state index contributed by atoms with van der Waals surface area (Å²) in [6.07, 6.45) is -1.33. The van der Waals surface area contributed by atoms with Gasteiger partial charge in [-0.25, -0.2) is 0 Å². The molecule has 0 aliphatic heterocycles. The molecule has 5 heteroatoms. The van der Waals surface area contributed by atoms with Crippen LogP contribution in [0, 0.1) is 11.8 Å². The number of hydrogen-bond donors (Lipinski definition) is 0. The molecule has 0 aliphatic carbocycles. The van der Waals surface area contributed by atoms with E-state index in [4.69, 9.17) is 4.74 Å². The predicted octanol–water partition coefficient (Wildman–Crippen LogP) is 4.50. The van der Waals surface area contributed by atoms with Crippen molar-refractivity contribution in [2.45, 2.75) is 59.2 Å². The van der Waals surface area contributed by atoms with E-state index in [-0.39, 0.29) is 12.3 Å². The van der Waals surface area contributed by atoms with Crippen molar-refractivity contribution in [2.75, 3.05) is 0 Å². The molecule has 0 aromatic heterocycles. The Labute approximate surface area is 113 Å². The number of carbonyl (C=O) groups excluding carboxylic acids is 1. The molecule has 0 saturated heterocycles. The van der Waals surface area contributed by atoms with Gasteiger partial charge in [-0.15, -0.1) is 0 Å². The maximum Gasteiger partial charge on any atom is 0.398 e. The number of hydrogen-bond acceptors (Lipinski definition) is 2. The first-order valence-corrected chi connectivity index (χ1v) is 6.60. The van der Waals surface area contributed by atoms with Crippen molar-refractivity contribution in [3.63, 3.8) is 0 Å². The third kappa shape index (κ3) is 7.90. The van der Waals surface area contributed by atoms with Gasteiger partial charge in [0.15, 0.2) is 0 Å². The van der Waals surface area contributed by atoms with E-state index in [1.165, 1.54) is 6.08 Å². The Hall–Kier alpha value is -1.00. The van der Waals surface area contributed by atoms with Crippen LogP contribution < -0.4 is 0 Å². The second-order valence-corrected chi connectivity index (χ2v) is 4.99. The lowest BCUT2D eigenvalue weighted by atomic mass is 9.95. The maximum atomic E-state index is 13.1. The van der Waals surface area contributed by atoms with Crippen LogP contribution in [0.1, 0.15) is 47.0 Å². The van der Waals surface area contributed by atoms with Crippen LogP contribution in [0.4, 0.5) is 13.2 Å². The second-order valence-electron chi connectivity index (χ2n) is 4.99. The topological polar surface area (TPSA) is 26.3 Å². The molecule has 0 rings (SSSR count). The largest absolute Gasteiger partial charge is 0.462 e. The number of esters is 1. The van der Waals surface area contributed by atoms with E-state index in [2.05, 4.69) is 0 Å². The highest BCUT2D eigenvalue weighted by Gasteiger charge is 2.44. The van der Waals surface area contributed by atoms with Crippen LogP contribution in [0.2, 0.25) is 0 Å². The lowest BCUT2D eigenvalue weighted by molar-refractivity contribution is -0.195. The van der Waals surface area contributed by atoms with Gasteiger partial charge in [0.05, 0.1) is 0 Å². The van der Waals surface area contributed by atoms with Gasteiger partial charge in [0, 0.05) is 6.92 Å². The van der Waals surface area contributed by atoms with Crippen molar-refractivity contribution in [2.24, 2.45) is 11.8 Å². The van der Waals surface area contributed by atoms with Gasteiger partial charge in [0.2, 0.25) is 0 Å². The lowest BCUT2D eigenvalue weighted by Crippen LogP contribution is -2.35. The Kier molecular flexibility index (Phi) is 7.79. The molecular formula is C14H23F3O2. The zero-order valence-corrected chi connectivity index (χ0v) is 12.0. The molecule has 0 aromatic carbocycles. The first kappa shape index (κ1) is 18.0. The fraction of sp³-hybridized carbons (Fsp3) is 0.786.